The minimum Gasteiger partial charge on any atom is -0.334 e. The molecule has 2 rings (SSSR count). The third kappa shape index (κ3) is 1.06. The van der Waals surface area contributed by atoms with E-state index >= 15 is 0 Å². The molecule has 0 bridgehead atoms. The minimum atomic E-state index is 0.539. The fourth-order valence-electron chi connectivity index (χ4n) is 1.30. The van der Waals surface area contributed by atoms with Crippen LogP contribution >= 0.6 is 0 Å². The lowest BCUT2D eigenvalue weighted by atomic mass is 9.93. The summed E-state index contributed by atoms with van der Waals surface area (Å²) < 4.78 is 2.03. The first-order valence-electron chi connectivity index (χ1n) is 3.89. The molecule has 1 aromatic heterocycles. The van der Waals surface area contributed by atoms with Gasteiger partial charge in [-0.1, -0.05) is 0 Å². The van der Waals surface area contributed by atoms with Crippen LogP contribution in [0.15, 0.2) is 12.5 Å². The van der Waals surface area contributed by atoms with E-state index in [9.17, 15) is 4.79 Å². The topological polar surface area (TPSA) is 34.9 Å². The average molecular weight is 150 g/mol. The van der Waals surface area contributed by atoms with E-state index < -0.39 is 0 Å². The Bertz CT molecular complexity index is 263. The molecule has 3 nitrogen and oxygen atoms in total. The summed E-state index contributed by atoms with van der Waals surface area (Å²) in [6, 6.07) is 0.608. The summed E-state index contributed by atoms with van der Waals surface area (Å²) in [6.45, 7) is 0. The van der Waals surface area contributed by atoms with Crippen molar-refractivity contribution in [2.45, 2.75) is 25.3 Å². The van der Waals surface area contributed by atoms with E-state index in [1.807, 2.05) is 10.8 Å². The van der Waals surface area contributed by atoms with E-state index in [1.54, 1.807) is 6.33 Å². The molecule has 1 fully saturated rings. The lowest BCUT2D eigenvalue weighted by Gasteiger charge is -2.26. The van der Waals surface area contributed by atoms with Crippen molar-refractivity contribution in [3.05, 3.63) is 18.2 Å². The maximum atomic E-state index is 10.3. The van der Waals surface area contributed by atoms with Gasteiger partial charge in [0.05, 0.1) is 6.33 Å². The van der Waals surface area contributed by atoms with Crippen molar-refractivity contribution < 1.29 is 4.79 Å². The SMILES string of the molecule is O=Cc1cn(C2CCC2)cn1. The maximum absolute atomic E-state index is 10.3. The summed E-state index contributed by atoms with van der Waals surface area (Å²) in [5.41, 5.74) is 0.539. The van der Waals surface area contributed by atoms with Crippen molar-refractivity contribution in [2.24, 2.45) is 0 Å². The summed E-state index contributed by atoms with van der Waals surface area (Å²) in [6.07, 6.45) is 8.11. The van der Waals surface area contributed by atoms with Crippen molar-refractivity contribution in [3.8, 4) is 0 Å². The first-order chi connectivity index (χ1) is 5.40. The second-order valence-corrected chi connectivity index (χ2v) is 2.95. The van der Waals surface area contributed by atoms with Gasteiger partial charge in [-0.05, 0) is 19.3 Å². The lowest BCUT2D eigenvalue weighted by molar-refractivity contribution is 0.111. The molecule has 0 atom stereocenters. The van der Waals surface area contributed by atoms with Crippen LogP contribution < -0.4 is 0 Å². The van der Waals surface area contributed by atoms with Crippen LogP contribution in [-0.4, -0.2) is 15.8 Å². The molecule has 0 saturated heterocycles. The summed E-state index contributed by atoms with van der Waals surface area (Å²) in [7, 11) is 0. The van der Waals surface area contributed by atoms with Gasteiger partial charge in [0.15, 0.2) is 6.29 Å². The van der Waals surface area contributed by atoms with E-state index in [0.717, 1.165) is 6.29 Å². The monoisotopic (exact) mass is 150 g/mol. The van der Waals surface area contributed by atoms with Crippen LogP contribution in [0.5, 0.6) is 0 Å². The van der Waals surface area contributed by atoms with Gasteiger partial charge < -0.3 is 4.57 Å². The Morgan fingerprint density at radius 1 is 1.64 bits per heavy atom. The Kier molecular flexibility index (Phi) is 1.49. The third-order valence-corrected chi connectivity index (χ3v) is 2.24. The van der Waals surface area contributed by atoms with Gasteiger partial charge in [0.25, 0.3) is 0 Å². The molecule has 0 amide bonds. The highest BCUT2D eigenvalue weighted by Gasteiger charge is 2.18. The number of hydrogen-bond acceptors (Lipinski definition) is 2. The van der Waals surface area contributed by atoms with Crippen LogP contribution in [0.25, 0.3) is 0 Å². The highest BCUT2D eigenvalue weighted by atomic mass is 16.1. The van der Waals surface area contributed by atoms with Gasteiger partial charge in [-0.2, -0.15) is 0 Å². The molecule has 11 heavy (non-hydrogen) atoms. The largest absolute Gasteiger partial charge is 0.334 e. The highest BCUT2D eigenvalue weighted by molar-refractivity contribution is 5.70. The molecule has 0 radical (unpaired) electrons. The Morgan fingerprint density at radius 2 is 2.45 bits per heavy atom. The lowest BCUT2D eigenvalue weighted by Crippen LogP contribution is -2.15. The van der Waals surface area contributed by atoms with Crippen LogP contribution in [0.3, 0.4) is 0 Å². The van der Waals surface area contributed by atoms with Crippen LogP contribution in [0.2, 0.25) is 0 Å². The zero-order chi connectivity index (χ0) is 7.68. The number of nitrogens with zero attached hydrogens (tertiary/aromatic N) is 2. The Labute approximate surface area is 65.1 Å². The molecule has 0 N–H and O–H groups in total. The van der Waals surface area contributed by atoms with E-state index in [4.69, 9.17) is 0 Å². The molecule has 0 aliphatic heterocycles. The predicted molar refractivity (Wildman–Crippen MR) is 40.5 cm³/mol. The highest BCUT2D eigenvalue weighted by Crippen LogP contribution is 2.30. The van der Waals surface area contributed by atoms with Crippen molar-refractivity contribution >= 4 is 6.29 Å². The smallest absolute Gasteiger partial charge is 0.169 e. The van der Waals surface area contributed by atoms with Crippen molar-refractivity contribution in [3.63, 3.8) is 0 Å². The Balaban J connectivity index is 2.17. The van der Waals surface area contributed by atoms with Gasteiger partial charge in [0, 0.05) is 12.2 Å². The quantitative estimate of drug-likeness (QED) is 0.597. The molecule has 58 valence electrons. The molecule has 1 aliphatic carbocycles. The van der Waals surface area contributed by atoms with Crippen molar-refractivity contribution in [1.29, 1.82) is 0 Å². The van der Waals surface area contributed by atoms with Crippen molar-refractivity contribution in [2.75, 3.05) is 0 Å². The molecular formula is C8H10N2O. The second kappa shape index (κ2) is 2.49. The summed E-state index contributed by atoms with van der Waals surface area (Å²) in [5, 5.41) is 0. The predicted octanol–water partition coefficient (Wildman–Crippen LogP) is 1.42. The van der Waals surface area contributed by atoms with Crippen LogP contribution in [0.4, 0.5) is 0 Å². The Hall–Kier alpha value is -1.12. The van der Waals surface area contributed by atoms with E-state index in [2.05, 4.69) is 4.98 Å². The zero-order valence-electron chi connectivity index (χ0n) is 6.23. The van der Waals surface area contributed by atoms with Crippen LogP contribution in [0, 0.1) is 0 Å². The average Bonchev–Trinajstić information content (AvgIpc) is 2.32. The zero-order valence-corrected chi connectivity index (χ0v) is 6.23. The number of aldehydes is 1. The summed E-state index contributed by atoms with van der Waals surface area (Å²) in [4.78, 5) is 14.2. The summed E-state index contributed by atoms with van der Waals surface area (Å²) in [5.74, 6) is 0. The van der Waals surface area contributed by atoms with E-state index in [0.29, 0.717) is 11.7 Å². The number of aromatic nitrogens is 2. The van der Waals surface area contributed by atoms with Crippen molar-refractivity contribution in [1.82, 2.24) is 9.55 Å². The number of carbonyl (C=O) groups is 1. The van der Waals surface area contributed by atoms with Gasteiger partial charge >= 0.3 is 0 Å². The number of carbonyl (C=O) groups excluding carboxylic acids is 1. The fourth-order valence-corrected chi connectivity index (χ4v) is 1.30. The fraction of sp³-hybridized carbons (Fsp3) is 0.500. The molecule has 0 unspecified atom stereocenters. The molecule has 0 aromatic carbocycles. The van der Waals surface area contributed by atoms with Crippen LogP contribution in [0.1, 0.15) is 35.8 Å². The number of rotatable bonds is 2. The standard InChI is InChI=1S/C8H10N2O/c11-5-7-4-10(6-9-7)8-2-1-3-8/h4-6,8H,1-3H2. The minimum absolute atomic E-state index is 0.539. The molecule has 1 aliphatic rings. The molecule has 1 heterocycles. The van der Waals surface area contributed by atoms with E-state index in [-0.39, 0.29) is 0 Å². The first-order valence-corrected chi connectivity index (χ1v) is 3.89. The molecular weight excluding hydrogens is 140 g/mol. The van der Waals surface area contributed by atoms with Gasteiger partial charge in [-0.15, -0.1) is 0 Å². The number of hydrogen-bond donors (Lipinski definition) is 0. The molecule has 0 spiro atoms. The number of imidazole rings is 1. The van der Waals surface area contributed by atoms with Gasteiger partial charge in [0.1, 0.15) is 5.69 Å². The van der Waals surface area contributed by atoms with Gasteiger partial charge in [-0.25, -0.2) is 4.98 Å². The molecule has 3 heteroatoms. The maximum Gasteiger partial charge on any atom is 0.169 e. The Morgan fingerprint density at radius 3 is 2.91 bits per heavy atom. The first kappa shape index (κ1) is 6.58. The van der Waals surface area contributed by atoms with Gasteiger partial charge in [0.2, 0.25) is 0 Å². The van der Waals surface area contributed by atoms with Gasteiger partial charge in [-0.3, -0.25) is 4.79 Å². The second-order valence-electron chi connectivity index (χ2n) is 2.95. The van der Waals surface area contributed by atoms with E-state index in [1.165, 1.54) is 19.3 Å². The third-order valence-electron chi connectivity index (χ3n) is 2.24. The van der Waals surface area contributed by atoms with Crippen LogP contribution in [-0.2, 0) is 0 Å². The normalized spacial score (nSPS) is 17.8. The molecule has 1 aromatic rings. The molecule has 1 saturated carbocycles. The summed E-state index contributed by atoms with van der Waals surface area (Å²) >= 11 is 0.